The molecule has 2 atom stereocenters. The highest BCUT2D eigenvalue weighted by atomic mass is 35.5. The van der Waals surface area contributed by atoms with Crippen molar-refractivity contribution in [3.8, 4) is 0 Å². The molecule has 1 aliphatic rings. The second kappa shape index (κ2) is 14.3. The van der Waals surface area contributed by atoms with E-state index in [0.29, 0.717) is 36.7 Å². The van der Waals surface area contributed by atoms with E-state index in [1.54, 1.807) is 85.1 Å². The van der Waals surface area contributed by atoms with Crippen LogP contribution in [0.3, 0.4) is 0 Å². The molecule has 1 aliphatic carbocycles. The lowest BCUT2D eigenvalue weighted by Gasteiger charge is -2.30. The monoisotopic (exact) mass is 648 g/mol. The number of nitrogens with one attached hydrogen (secondary N) is 2. The maximum atomic E-state index is 12.9. The number of allylic oxidation sites excluding steroid dienone is 3. The molecule has 2 N–H and O–H groups in total. The van der Waals surface area contributed by atoms with Crippen LogP contribution in [0.25, 0.3) is 0 Å². The summed E-state index contributed by atoms with van der Waals surface area (Å²) in [6, 6.07) is 20.8. The van der Waals surface area contributed by atoms with Gasteiger partial charge in [-0.05, 0) is 48.6 Å². The third-order valence-corrected chi connectivity index (χ3v) is 9.96. The van der Waals surface area contributed by atoms with Crippen molar-refractivity contribution in [2.24, 2.45) is 16.1 Å². The van der Waals surface area contributed by atoms with Gasteiger partial charge in [-0.15, -0.1) is 11.6 Å². The number of amides is 2. The average molecular weight is 650 g/mol. The average Bonchev–Trinajstić information content (AvgIpc) is 2.95. The van der Waals surface area contributed by atoms with E-state index in [1.807, 2.05) is 12.1 Å². The van der Waals surface area contributed by atoms with Gasteiger partial charge in [0.1, 0.15) is 4.21 Å². The van der Waals surface area contributed by atoms with Gasteiger partial charge in [-0.1, -0.05) is 98.9 Å². The molecule has 0 saturated heterocycles. The zero-order chi connectivity index (χ0) is 28.5. The Kier molecular flexibility index (Phi) is 10.8. The molecule has 40 heavy (non-hydrogen) atoms. The highest BCUT2D eigenvalue weighted by Gasteiger charge is 2.37. The van der Waals surface area contributed by atoms with Crippen LogP contribution in [0.15, 0.2) is 111 Å². The Morgan fingerprint density at radius 2 is 1.62 bits per heavy atom. The number of rotatable bonds is 9. The summed E-state index contributed by atoms with van der Waals surface area (Å²) in [5.41, 5.74) is 6.54. The molecule has 0 aromatic heterocycles. The molecule has 4 rings (SSSR count). The normalized spacial score (nSPS) is 18.6. The van der Waals surface area contributed by atoms with E-state index in [2.05, 4.69) is 21.1 Å². The van der Waals surface area contributed by atoms with Gasteiger partial charge in [0.25, 0.3) is 11.8 Å². The number of hydrogen-bond acceptors (Lipinski definition) is 6. The smallest absolute Gasteiger partial charge is 0.267 e. The summed E-state index contributed by atoms with van der Waals surface area (Å²) in [6.45, 7) is 0. The molecule has 3 aromatic carbocycles. The van der Waals surface area contributed by atoms with Crippen LogP contribution in [0.4, 0.5) is 0 Å². The maximum Gasteiger partial charge on any atom is 0.272 e. The minimum atomic E-state index is -1.05. The quantitative estimate of drug-likeness (QED) is 0.106. The fourth-order valence-corrected chi connectivity index (χ4v) is 7.33. The number of hydrazone groups is 2. The minimum absolute atomic E-state index is 0.339. The zero-order valence-corrected chi connectivity index (χ0v) is 25.1. The third-order valence-electron chi connectivity index (χ3n) is 5.41. The van der Waals surface area contributed by atoms with Crippen molar-refractivity contribution in [3.63, 3.8) is 0 Å². The molecule has 0 heterocycles. The number of hydrogen-bond donors (Lipinski definition) is 2. The van der Waals surface area contributed by atoms with E-state index in [9.17, 15) is 9.59 Å². The predicted octanol–water partition coefficient (Wildman–Crippen LogP) is 8.16. The molecule has 12 heteroatoms. The third kappa shape index (κ3) is 8.16. The Morgan fingerprint density at radius 3 is 2.40 bits per heavy atom. The molecule has 0 saturated carbocycles. The number of benzene rings is 3. The summed E-state index contributed by atoms with van der Waals surface area (Å²) in [4.78, 5) is 25.9. The summed E-state index contributed by atoms with van der Waals surface area (Å²) in [7, 11) is 2.60. The summed E-state index contributed by atoms with van der Waals surface area (Å²) in [5.74, 6) is -1.17. The lowest BCUT2D eigenvalue weighted by Crippen LogP contribution is -2.29. The Hall–Kier alpha value is -2.72. The SMILES string of the molecule is O=C(N/N=C\[C@H]1C=CC(Cl)=C[C@]1(Cl)SSc1ccccc1C(=O)N/N=C\c1ccc(Cl)cc1Cl)c1ccccc1. The van der Waals surface area contributed by atoms with Gasteiger partial charge in [0.05, 0.1) is 16.8 Å². The molecular weight excluding hydrogens is 630 g/mol. The number of carbonyl (C=O) groups excluding carboxylic acids is 2. The van der Waals surface area contributed by atoms with Crippen molar-refractivity contribution < 1.29 is 9.59 Å². The topological polar surface area (TPSA) is 82.9 Å². The highest BCUT2D eigenvalue weighted by Crippen LogP contribution is 2.51. The zero-order valence-electron chi connectivity index (χ0n) is 20.4. The molecule has 3 aromatic rings. The first kappa shape index (κ1) is 30.2. The van der Waals surface area contributed by atoms with Crippen LogP contribution >= 0.6 is 68.0 Å². The van der Waals surface area contributed by atoms with Crippen LogP contribution in [0.1, 0.15) is 26.3 Å². The highest BCUT2D eigenvalue weighted by molar-refractivity contribution is 8.77. The van der Waals surface area contributed by atoms with Gasteiger partial charge in [-0.2, -0.15) is 10.2 Å². The molecule has 0 fully saturated rings. The van der Waals surface area contributed by atoms with Gasteiger partial charge >= 0.3 is 0 Å². The lowest BCUT2D eigenvalue weighted by molar-refractivity contribution is 0.0945. The predicted molar refractivity (Wildman–Crippen MR) is 169 cm³/mol. The minimum Gasteiger partial charge on any atom is -0.267 e. The molecule has 0 radical (unpaired) electrons. The molecule has 6 nitrogen and oxygen atoms in total. The van der Waals surface area contributed by atoms with Crippen molar-refractivity contribution in [2.45, 2.75) is 9.10 Å². The van der Waals surface area contributed by atoms with Crippen LogP contribution in [0.2, 0.25) is 10.0 Å². The fourth-order valence-electron chi connectivity index (χ4n) is 3.38. The fraction of sp³-hybridized carbons (Fsp3) is 0.0714. The number of nitrogens with zero attached hydrogens (tertiary/aromatic N) is 2. The number of halogens is 4. The molecule has 204 valence electrons. The first-order chi connectivity index (χ1) is 19.2. The molecule has 0 bridgehead atoms. The van der Waals surface area contributed by atoms with E-state index in [4.69, 9.17) is 46.4 Å². The first-order valence-corrected chi connectivity index (χ1v) is 15.3. The molecule has 0 spiro atoms. The van der Waals surface area contributed by atoms with E-state index in [0.717, 1.165) is 0 Å². The summed E-state index contributed by atoms with van der Waals surface area (Å²) >= 11 is 25.4. The second-order valence-corrected chi connectivity index (χ2v) is 12.8. The molecule has 0 unspecified atom stereocenters. The van der Waals surface area contributed by atoms with Crippen molar-refractivity contribution in [1.82, 2.24) is 10.9 Å². The molecular formula is C28H20Cl4N4O2S2. The van der Waals surface area contributed by atoms with Gasteiger partial charge in [-0.25, -0.2) is 10.9 Å². The van der Waals surface area contributed by atoms with Crippen LogP contribution in [0.5, 0.6) is 0 Å². The van der Waals surface area contributed by atoms with Crippen LogP contribution in [-0.4, -0.2) is 28.4 Å². The van der Waals surface area contributed by atoms with Crippen molar-refractivity contribution in [1.29, 1.82) is 0 Å². The first-order valence-electron chi connectivity index (χ1n) is 11.6. The lowest BCUT2D eigenvalue weighted by atomic mass is 10.0. The van der Waals surface area contributed by atoms with Gasteiger partial charge < -0.3 is 0 Å². The van der Waals surface area contributed by atoms with E-state index in [-0.39, 0.29) is 5.91 Å². The van der Waals surface area contributed by atoms with Gasteiger partial charge in [0, 0.05) is 38.2 Å². The van der Waals surface area contributed by atoms with Crippen molar-refractivity contribution in [2.75, 3.05) is 0 Å². The van der Waals surface area contributed by atoms with Crippen LogP contribution in [0, 0.1) is 5.92 Å². The van der Waals surface area contributed by atoms with Crippen LogP contribution in [-0.2, 0) is 0 Å². The second-order valence-electron chi connectivity index (χ2n) is 8.22. The summed E-state index contributed by atoms with van der Waals surface area (Å²) in [5, 5.41) is 9.51. The standard InChI is InChI=1S/C28H20Cl4N4O2S2/c29-21-12-10-19(24(31)14-21)16-33-36-27(38)23-8-4-5-9-25(23)39-40-28(32)15-22(30)13-11-20(28)17-34-35-26(37)18-6-2-1-3-7-18/h1-17,20H,(H,35,37)(H,36,38)/b33-16-,34-17-/t20-,28+/m1/s1. The van der Waals surface area contributed by atoms with Crippen molar-refractivity contribution in [3.05, 3.63) is 123 Å². The number of alkyl halides is 1. The van der Waals surface area contributed by atoms with E-state index < -0.39 is 16.0 Å². The Labute approximate surface area is 259 Å². The Bertz CT molecular complexity index is 1520. The Morgan fingerprint density at radius 1 is 0.900 bits per heavy atom. The Balaban J connectivity index is 1.43. The van der Waals surface area contributed by atoms with E-state index >= 15 is 0 Å². The van der Waals surface area contributed by atoms with Crippen molar-refractivity contribution >= 4 is 92.2 Å². The summed E-state index contributed by atoms with van der Waals surface area (Å²) in [6.07, 6.45) is 8.21. The molecule has 2 amide bonds. The number of carbonyl (C=O) groups is 2. The van der Waals surface area contributed by atoms with Crippen LogP contribution < -0.4 is 10.9 Å². The maximum absolute atomic E-state index is 12.9. The van der Waals surface area contributed by atoms with E-state index in [1.165, 1.54) is 27.8 Å². The summed E-state index contributed by atoms with van der Waals surface area (Å²) < 4.78 is -1.05. The largest absolute Gasteiger partial charge is 0.272 e. The van der Waals surface area contributed by atoms with Gasteiger partial charge in [-0.3, -0.25) is 9.59 Å². The van der Waals surface area contributed by atoms with Gasteiger partial charge in [0.2, 0.25) is 0 Å². The molecule has 0 aliphatic heterocycles. The van der Waals surface area contributed by atoms with Gasteiger partial charge in [0.15, 0.2) is 0 Å².